The summed E-state index contributed by atoms with van der Waals surface area (Å²) in [5, 5.41) is 5.21. The summed E-state index contributed by atoms with van der Waals surface area (Å²) in [4.78, 5) is 38.4. The molecule has 2 aliphatic rings. The van der Waals surface area contributed by atoms with Crippen molar-refractivity contribution in [3.63, 3.8) is 0 Å². The van der Waals surface area contributed by atoms with Gasteiger partial charge in [0.15, 0.2) is 0 Å². The Hall–Kier alpha value is -2.23. The molecule has 9 heteroatoms. The maximum absolute atomic E-state index is 12.6. The number of carbonyl (C=O) groups excluding carboxylic acids is 1. The fourth-order valence-electron chi connectivity index (χ4n) is 4.48. The molecule has 0 aromatic carbocycles. The number of aromatic nitrogens is 2. The Bertz CT molecular complexity index is 940. The first-order chi connectivity index (χ1) is 15.6. The predicted molar refractivity (Wildman–Crippen MR) is 126 cm³/mol. The molecule has 2 saturated heterocycles. The number of H-pyrrole nitrogens is 1. The number of nitrogens with one attached hydrogen (secondary N) is 2. The van der Waals surface area contributed by atoms with Crippen LogP contribution in [0, 0.1) is 12.8 Å². The maximum Gasteiger partial charge on any atom is 0.255 e. The Morgan fingerprint density at radius 3 is 2.94 bits per heavy atom. The Morgan fingerprint density at radius 2 is 2.19 bits per heavy atom. The van der Waals surface area contributed by atoms with Crippen molar-refractivity contribution in [3.05, 3.63) is 44.0 Å². The molecule has 174 valence electrons. The number of ether oxygens (including phenoxy) is 1. The number of amides is 1. The summed E-state index contributed by atoms with van der Waals surface area (Å²) in [6.07, 6.45) is 3.02. The Morgan fingerprint density at radius 1 is 1.34 bits per heavy atom. The Labute approximate surface area is 193 Å². The van der Waals surface area contributed by atoms with Crippen LogP contribution in [-0.4, -0.2) is 66.7 Å². The van der Waals surface area contributed by atoms with Gasteiger partial charge < -0.3 is 15.0 Å². The van der Waals surface area contributed by atoms with Gasteiger partial charge >= 0.3 is 0 Å². The van der Waals surface area contributed by atoms with Gasteiger partial charge in [0.05, 0.1) is 13.2 Å². The molecule has 4 rings (SSSR count). The van der Waals surface area contributed by atoms with E-state index in [1.807, 2.05) is 11.8 Å². The zero-order valence-corrected chi connectivity index (χ0v) is 19.6. The van der Waals surface area contributed by atoms with Crippen LogP contribution in [0.15, 0.2) is 22.3 Å². The summed E-state index contributed by atoms with van der Waals surface area (Å²) in [6.45, 7) is 8.39. The average molecular weight is 460 g/mol. The lowest BCUT2D eigenvalue weighted by Gasteiger charge is -2.32. The molecule has 0 saturated carbocycles. The molecule has 2 N–H and O–H groups in total. The van der Waals surface area contributed by atoms with Crippen LogP contribution in [0.5, 0.6) is 0 Å². The molecule has 1 unspecified atom stereocenters. The molecule has 8 nitrogen and oxygen atoms in total. The summed E-state index contributed by atoms with van der Waals surface area (Å²) in [6, 6.07) is 4.28. The van der Waals surface area contributed by atoms with E-state index < -0.39 is 0 Å². The van der Waals surface area contributed by atoms with Crippen molar-refractivity contribution in [1.29, 1.82) is 0 Å². The van der Waals surface area contributed by atoms with Crippen LogP contribution in [0.2, 0.25) is 0 Å². The van der Waals surface area contributed by atoms with Crippen LogP contribution >= 0.6 is 11.3 Å². The number of carbonyl (C=O) groups is 1. The quantitative estimate of drug-likeness (QED) is 0.627. The number of hydrogen-bond acceptors (Lipinski definition) is 7. The van der Waals surface area contributed by atoms with E-state index in [1.165, 1.54) is 11.3 Å². The number of thiophene rings is 1. The lowest BCUT2D eigenvalue weighted by atomic mass is 9.98. The van der Waals surface area contributed by atoms with E-state index in [-0.39, 0.29) is 11.5 Å². The number of nitrogens with zero attached hydrogens (tertiary/aromatic N) is 3. The van der Waals surface area contributed by atoms with Crippen LogP contribution < -0.4 is 15.8 Å². The van der Waals surface area contributed by atoms with Gasteiger partial charge in [-0.15, -0.1) is 11.3 Å². The average Bonchev–Trinajstić information content (AvgIpc) is 3.31. The van der Waals surface area contributed by atoms with E-state index in [1.54, 1.807) is 11.3 Å². The highest BCUT2D eigenvalue weighted by Gasteiger charge is 2.21. The smallest absolute Gasteiger partial charge is 0.255 e. The van der Waals surface area contributed by atoms with Crippen molar-refractivity contribution in [1.82, 2.24) is 20.2 Å². The summed E-state index contributed by atoms with van der Waals surface area (Å²) in [7, 11) is 0. The number of hydrogen-bond donors (Lipinski definition) is 2. The lowest BCUT2D eigenvalue weighted by Crippen LogP contribution is -2.40. The van der Waals surface area contributed by atoms with Crippen LogP contribution in [0.1, 0.15) is 35.4 Å². The fraction of sp³-hybridized carbons (Fsp3) is 0.609. The van der Waals surface area contributed by atoms with Gasteiger partial charge in [-0.2, -0.15) is 0 Å². The maximum atomic E-state index is 12.6. The number of anilines is 1. The van der Waals surface area contributed by atoms with Crippen LogP contribution in [0.3, 0.4) is 0 Å². The largest absolute Gasteiger partial charge is 0.378 e. The normalized spacial score (nSPS) is 19.8. The van der Waals surface area contributed by atoms with Gasteiger partial charge in [-0.05, 0) is 50.1 Å². The van der Waals surface area contributed by atoms with Gasteiger partial charge in [0.25, 0.3) is 5.56 Å². The molecule has 0 spiro atoms. The molecule has 1 amide bonds. The van der Waals surface area contributed by atoms with E-state index in [0.29, 0.717) is 55.7 Å². The van der Waals surface area contributed by atoms with Gasteiger partial charge in [-0.3, -0.25) is 19.5 Å². The highest BCUT2D eigenvalue weighted by atomic mass is 32.1. The van der Waals surface area contributed by atoms with E-state index in [0.717, 1.165) is 39.1 Å². The van der Waals surface area contributed by atoms with Gasteiger partial charge in [-0.1, -0.05) is 6.07 Å². The first kappa shape index (κ1) is 22.9. The third-order valence-electron chi connectivity index (χ3n) is 6.27. The molecular formula is C23H33N5O3S. The molecule has 0 bridgehead atoms. The summed E-state index contributed by atoms with van der Waals surface area (Å²) in [5.41, 5.74) is 1.14. The predicted octanol–water partition coefficient (Wildman–Crippen LogP) is 1.94. The van der Waals surface area contributed by atoms with Crippen molar-refractivity contribution in [2.75, 3.05) is 50.8 Å². The standard InChI is InChI=1S/C23H33N5O3S/c1-17-20(22(30)26-23(25-17)28-9-11-31-12-10-28)6-7-21(29)24-14-18-4-2-8-27(15-18)16-19-5-3-13-32-19/h3,5,13,18H,2,4,6-12,14-16H2,1H3,(H,24,29)(H,25,26,30). The highest BCUT2D eigenvalue weighted by molar-refractivity contribution is 7.09. The van der Waals surface area contributed by atoms with E-state index >= 15 is 0 Å². The number of rotatable bonds is 8. The number of aryl methyl sites for hydroxylation is 1. The second-order valence-electron chi connectivity index (χ2n) is 8.68. The van der Waals surface area contributed by atoms with Gasteiger partial charge in [-0.25, -0.2) is 4.98 Å². The first-order valence-corrected chi connectivity index (χ1v) is 12.4. The summed E-state index contributed by atoms with van der Waals surface area (Å²) < 4.78 is 5.36. The zero-order valence-electron chi connectivity index (χ0n) is 18.8. The third kappa shape index (κ3) is 6.17. The second kappa shape index (κ2) is 11.1. The van der Waals surface area contributed by atoms with Gasteiger partial charge in [0.2, 0.25) is 11.9 Å². The van der Waals surface area contributed by atoms with Gasteiger partial charge in [0.1, 0.15) is 0 Å². The molecule has 2 fully saturated rings. The van der Waals surface area contributed by atoms with Crippen molar-refractivity contribution in [2.24, 2.45) is 5.92 Å². The van der Waals surface area contributed by atoms with Gasteiger partial charge in [0, 0.05) is 55.3 Å². The Balaban J connectivity index is 1.23. The van der Waals surface area contributed by atoms with Crippen LogP contribution in [-0.2, 0) is 22.5 Å². The molecule has 4 heterocycles. The Kier molecular flexibility index (Phi) is 7.94. The minimum atomic E-state index is -0.150. The van der Waals surface area contributed by atoms with E-state index in [4.69, 9.17) is 4.74 Å². The van der Waals surface area contributed by atoms with E-state index in [9.17, 15) is 9.59 Å². The van der Waals surface area contributed by atoms with Crippen molar-refractivity contribution < 1.29 is 9.53 Å². The number of aromatic amines is 1. The molecule has 32 heavy (non-hydrogen) atoms. The lowest BCUT2D eigenvalue weighted by molar-refractivity contribution is -0.121. The number of morpholine rings is 1. The van der Waals surface area contributed by atoms with Crippen LogP contribution in [0.25, 0.3) is 0 Å². The molecule has 2 aromatic rings. The molecule has 0 aliphatic carbocycles. The SMILES string of the molecule is Cc1nc(N2CCOCC2)[nH]c(=O)c1CCC(=O)NCC1CCCN(Cc2cccs2)C1. The second-order valence-corrected chi connectivity index (χ2v) is 9.71. The fourth-order valence-corrected chi connectivity index (χ4v) is 5.23. The monoisotopic (exact) mass is 459 g/mol. The summed E-state index contributed by atoms with van der Waals surface area (Å²) >= 11 is 1.80. The molecule has 1 atom stereocenters. The molecule has 0 radical (unpaired) electrons. The molecule has 2 aliphatic heterocycles. The first-order valence-electron chi connectivity index (χ1n) is 11.5. The van der Waals surface area contributed by atoms with E-state index in [2.05, 4.69) is 37.7 Å². The summed E-state index contributed by atoms with van der Waals surface area (Å²) in [5.74, 6) is 1.07. The van der Waals surface area contributed by atoms with Crippen LogP contribution in [0.4, 0.5) is 5.95 Å². The zero-order chi connectivity index (χ0) is 22.3. The minimum absolute atomic E-state index is 0.00330. The third-order valence-corrected chi connectivity index (χ3v) is 7.13. The molecule has 2 aromatic heterocycles. The number of piperidine rings is 1. The van der Waals surface area contributed by atoms with Crippen molar-refractivity contribution >= 4 is 23.2 Å². The topological polar surface area (TPSA) is 90.6 Å². The molecular weight excluding hydrogens is 426 g/mol. The number of likely N-dealkylation sites (tertiary alicyclic amines) is 1. The van der Waals surface area contributed by atoms with Crippen molar-refractivity contribution in [3.8, 4) is 0 Å². The highest BCUT2D eigenvalue weighted by Crippen LogP contribution is 2.20. The minimum Gasteiger partial charge on any atom is -0.378 e. The van der Waals surface area contributed by atoms with Crippen molar-refractivity contribution in [2.45, 2.75) is 39.2 Å².